The van der Waals surface area contributed by atoms with E-state index in [-0.39, 0.29) is 11.9 Å². The first-order chi connectivity index (χ1) is 14.8. The molecule has 4 heterocycles. The minimum absolute atomic E-state index is 0.118. The van der Waals surface area contributed by atoms with Gasteiger partial charge in [0.1, 0.15) is 5.01 Å². The van der Waals surface area contributed by atoms with Crippen LogP contribution in [0.3, 0.4) is 0 Å². The van der Waals surface area contributed by atoms with E-state index in [9.17, 15) is 4.79 Å². The van der Waals surface area contributed by atoms with Gasteiger partial charge in [-0.2, -0.15) is 0 Å². The van der Waals surface area contributed by atoms with E-state index in [1.165, 1.54) is 10.9 Å². The van der Waals surface area contributed by atoms with Gasteiger partial charge in [0.05, 0.1) is 6.04 Å². The van der Waals surface area contributed by atoms with Crippen LogP contribution in [0, 0.1) is 0 Å². The molecule has 1 amide bonds. The first kappa shape index (κ1) is 19.0. The number of thiazole rings is 1. The van der Waals surface area contributed by atoms with Crippen LogP contribution >= 0.6 is 11.3 Å². The summed E-state index contributed by atoms with van der Waals surface area (Å²) in [6.07, 6.45) is 8.21. The van der Waals surface area contributed by atoms with E-state index in [4.69, 9.17) is 4.42 Å². The van der Waals surface area contributed by atoms with Crippen LogP contribution in [-0.2, 0) is 24.1 Å². The standard InChI is InChI=1S/C22H23N5O2S/c28-21(27-12-3-6-18(27)22-23-11-13-30-22)10-9-20-26-25-19(29-20)8-7-15-14-24-17-5-2-1-4-16(15)17/h1-2,4-5,11,13-14,18,24H,3,6-10,12H2/t18-/m1/s1. The SMILES string of the molecule is O=C(CCc1nnc(CCc2c[nH]c3ccccc23)o1)N1CCC[C@@H]1c1nccs1. The Bertz CT molecular complexity index is 1130. The van der Waals surface area contributed by atoms with Crippen molar-refractivity contribution in [2.75, 3.05) is 6.54 Å². The monoisotopic (exact) mass is 421 g/mol. The number of fused-ring (bicyclic) bond motifs is 1. The predicted octanol–water partition coefficient (Wildman–Crippen LogP) is 4.09. The Balaban J connectivity index is 1.16. The number of para-hydroxylation sites is 1. The molecule has 1 aliphatic heterocycles. The highest BCUT2D eigenvalue weighted by Gasteiger charge is 2.31. The van der Waals surface area contributed by atoms with Crippen LogP contribution in [0.2, 0.25) is 0 Å². The van der Waals surface area contributed by atoms with E-state index >= 15 is 0 Å². The lowest BCUT2D eigenvalue weighted by Gasteiger charge is -2.22. The second-order valence-corrected chi connectivity index (χ2v) is 8.49. The van der Waals surface area contributed by atoms with Gasteiger partial charge in [-0.3, -0.25) is 4.79 Å². The summed E-state index contributed by atoms with van der Waals surface area (Å²) in [4.78, 5) is 22.4. The Kier molecular flexibility index (Phi) is 5.31. The topological polar surface area (TPSA) is 87.9 Å². The van der Waals surface area contributed by atoms with Gasteiger partial charge in [-0.1, -0.05) is 18.2 Å². The van der Waals surface area contributed by atoms with E-state index in [0.29, 0.717) is 31.0 Å². The Morgan fingerprint density at radius 2 is 2.07 bits per heavy atom. The maximum absolute atomic E-state index is 12.7. The van der Waals surface area contributed by atoms with Crippen LogP contribution < -0.4 is 0 Å². The van der Waals surface area contributed by atoms with Crippen molar-refractivity contribution in [3.63, 3.8) is 0 Å². The number of carbonyl (C=O) groups is 1. The Morgan fingerprint density at radius 1 is 1.20 bits per heavy atom. The van der Waals surface area contributed by atoms with Gasteiger partial charge in [0.25, 0.3) is 0 Å². The normalized spacial score (nSPS) is 16.5. The van der Waals surface area contributed by atoms with E-state index in [1.54, 1.807) is 17.5 Å². The zero-order valence-corrected chi connectivity index (χ0v) is 17.4. The molecule has 3 aromatic heterocycles. The zero-order chi connectivity index (χ0) is 20.3. The van der Waals surface area contributed by atoms with Crippen LogP contribution in [0.15, 0.2) is 46.5 Å². The van der Waals surface area contributed by atoms with E-state index < -0.39 is 0 Å². The first-order valence-electron chi connectivity index (χ1n) is 10.3. The summed E-state index contributed by atoms with van der Waals surface area (Å²) >= 11 is 1.62. The lowest BCUT2D eigenvalue weighted by molar-refractivity contribution is -0.132. The van der Waals surface area contributed by atoms with Crippen molar-refractivity contribution in [3.8, 4) is 0 Å². The van der Waals surface area contributed by atoms with Gasteiger partial charge in [0, 0.05) is 54.5 Å². The molecular weight excluding hydrogens is 398 g/mol. The van der Waals surface area contributed by atoms with Gasteiger partial charge in [-0.15, -0.1) is 21.5 Å². The van der Waals surface area contributed by atoms with Crippen LogP contribution in [0.1, 0.15) is 47.7 Å². The zero-order valence-electron chi connectivity index (χ0n) is 16.6. The number of H-pyrrole nitrogens is 1. The molecule has 1 N–H and O–H groups in total. The highest BCUT2D eigenvalue weighted by Crippen LogP contribution is 2.33. The molecular formula is C22H23N5O2S. The van der Waals surface area contributed by atoms with Gasteiger partial charge >= 0.3 is 0 Å². The maximum atomic E-state index is 12.7. The second kappa shape index (κ2) is 8.39. The van der Waals surface area contributed by atoms with Gasteiger partial charge in [0.2, 0.25) is 17.7 Å². The predicted molar refractivity (Wildman–Crippen MR) is 114 cm³/mol. The van der Waals surface area contributed by atoms with Crippen molar-refractivity contribution < 1.29 is 9.21 Å². The van der Waals surface area contributed by atoms with Crippen LogP contribution in [0.4, 0.5) is 0 Å². The summed E-state index contributed by atoms with van der Waals surface area (Å²) in [5.41, 5.74) is 2.37. The van der Waals surface area contributed by atoms with Crippen LogP contribution in [0.5, 0.6) is 0 Å². The molecule has 0 bridgehead atoms. The minimum atomic E-state index is 0.118. The summed E-state index contributed by atoms with van der Waals surface area (Å²) in [6, 6.07) is 8.37. The van der Waals surface area contributed by atoms with Gasteiger partial charge in [0.15, 0.2) is 0 Å². The molecule has 4 aromatic rings. The number of carbonyl (C=O) groups excluding carboxylic acids is 1. The smallest absolute Gasteiger partial charge is 0.223 e. The van der Waals surface area contributed by atoms with Crippen LogP contribution in [-0.4, -0.2) is 37.5 Å². The lowest BCUT2D eigenvalue weighted by atomic mass is 10.1. The highest BCUT2D eigenvalue weighted by atomic mass is 32.1. The van der Waals surface area contributed by atoms with Crippen LogP contribution in [0.25, 0.3) is 10.9 Å². The van der Waals surface area contributed by atoms with Crippen molar-refractivity contribution in [2.24, 2.45) is 0 Å². The third-order valence-electron chi connectivity index (χ3n) is 5.65. The molecule has 1 aliphatic rings. The molecule has 1 fully saturated rings. The van der Waals surface area contributed by atoms with Gasteiger partial charge in [-0.05, 0) is 30.9 Å². The number of hydrogen-bond acceptors (Lipinski definition) is 6. The molecule has 1 aromatic carbocycles. The number of amides is 1. The number of aromatic nitrogens is 4. The average molecular weight is 422 g/mol. The first-order valence-corrected chi connectivity index (χ1v) is 11.2. The number of nitrogens with one attached hydrogen (secondary N) is 1. The fourth-order valence-electron chi connectivity index (χ4n) is 4.15. The number of benzene rings is 1. The fraction of sp³-hybridized carbons (Fsp3) is 0.364. The second-order valence-electron chi connectivity index (χ2n) is 7.56. The number of hydrogen-bond donors (Lipinski definition) is 1. The molecule has 8 heteroatoms. The summed E-state index contributed by atoms with van der Waals surface area (Å²) in [6.45, 7) is 0.794. The largest absolute Gasteiger partial charge is 0.425 e. The quantitative estimate of drug-likeness (QED) is 0.486. The molecule has 0 radical (unpaired) electrons. The number of aromatic amines is 1. The molecule has 154 valence electrons. The summed E-state index contributed by atoms with van der Waals surface area (Å²) in [7, 11) is 0. The average Bonchev–Trinajstić information content (AvgIpc) is 3.56. The Morgan fingerprint density at radius 3 is 2.93 bits per heavy atom. The van der Waals surface area contributed by atoms with Gasteiger partial charge < -0.3 is 14.3 Å². The molecule has 0 saturated carbocycles. The number of aryl methyl sites for hydroxylation is 3. The summed E-state index contributed by atoms with van der Waals surface area (Å²) in [5.74, 6) is 1.28. The van der Waals surface area contributed by atoms with E-state index in [0.717, 1.165) is 36.3 Å². The van der Waals surface area contributed by atoms with Gasteiger partial charge in [-0.25, -0.2) is 4.98 Å². The Hall–Kier alpha value is -3.00. The third-order valence-corrected chi connectivity index (χ3v) is 6.53. The summed E-state index contributed by atoms with van der Waals surface area (Å²) in [5, 5.41) is 12.5. The molecule has 0 spiro atoms. The molecule has 5 rings (SSSR count). The minimum Gasteiger partial charge on any atom is -0.425 e. The third kappa shape index (κ3) is 3.87. The number of rotatable bonds is 7. The van der Waals surface area contributed by atoms with Crippen molar-refractivity contribution >= 4 is 28.1 Å². The molecule has 30 heavy (non-hydrogen) atoms. The summed E-state index contributed by atoms with van der Waals surface area (Å²) < 4.78 is 5.79. The molecule has 0 unspecified atom stereocenters. The Labute approximate surface area is 178 Å². The van der Waals surface area contributed by atoms with Crippen molar-refractivity contribution in [2.45, 2.75) is 44.6 Å². The molecule has 0 aliphatic carbocycles. The van der Waals surface area contributed by atoms with E-state index in [2.05, 4.69) is 32.3 Å². The fourth-order valence-corrected chi connectivity index (χ4v) is 4.93. The highest BCUT2D eigenvalue weighted by molar-refractivity contribution is 7.09. The number of nitrogens with zero attached hydrogens (tertiary/aromatic N) is 4. The van der Waals surface area contributed by atoms with Crippen molar-refractivity contribution in [1.82, 2.24) is 25.1 Å². The molecule has 1 atom stereocenters. The number of likely N-dealkylation sites (tertiary alicyclic amines) is 1. The van der Waals surface area contributed by atoms with Crippen molar-refractivity contribution in [3.05, 3.63) is 64.4 Å². The molecule has 1 saturated heterocycles. The molecule has 7 nitrogen and oxygen atoms in total. The van der Waals surface area contributed by atoms with E-state index in [1.807, 2.05) is 28.6 Å². The maximum Gasteiger partial charge on any atom is 0.223 e. The lowest BCUT2D eigenvalue weighted by Crippen LogP contribution is -2.30. The van der Waals surface area contributed by atoms with Crippen molar-refractivity contribution in [1.29, 1.82) is 0 Å².